The smallest absolute Gasteiger partial charge is 0.227 e. The number of aliphatic hydroxyl groups excluding tert-OH is 1. The van der Waals surface area contributed by atoms with Gasteiger partial charge in [0, 0.05) is 24.1 Å². The Morgan fingerprint density at radius 3 is 2.74 bits per heavy atom. The molecule has 0 bridgehead atoms. The number of rotatable bonds is 3. The van der Waals surface area contributed by atoms with Crippen LogP contribution in [-0.2, 0) is 9.53 Å². The molecule has 1 fully saturated rings. The van der Waals surface area contributed by atoms with Crippen molar-refractivity contribution < 1.29 is 14.6 Å². The highest BCUT2D eigenvalue weighted by atomic mass is 16.5. The van der Waals surface area contributed by atoms with Crippen molar-refractivity contribution in [3.05, 3.63) is 23.3 Å². The van der Waals surface area contributed by atoms with Crippen LogP contribution in [0.25, 0.3) is 0 Å². The normalized spacial score (nSPS) is 27.8. The number of ether oxygens (including phenoxy) is 1. The largest absolute Gasteiger partial charge is 0.504 e. The van der Waals surface area contributed by atoms with Gasteiger partial charge in [0.15, 0.2) is 5.76 Å². The van der Waals surface area contributed by atoms with E-state index in [-0.39, 0.29) is 17.6 Å². The Hall–Kier alpha value is -1.45. The molecular weight excluding hydrogens is 242 g/mol. The Bertz CT molecular complexity index is 412. The number of amides is 1. The zero-order valence-electron chi connectivity index (χ0n) is 11.7. The fourth-order valence-corrected chi connectivity index (χ4v) is 2.96. The van der Waals surface area contributed by atoms with Crippen LogP contribution >= 0.6 is 0 Å². The standard InChI is InChI=1S/C15H23NO3/c1-10-5-3-4-6-12(10)15(18)16-11-7-8-14(19-2)13(17)9-11/h9-10,12,17H,3-8H2,1-2H3,(H,16,18). The minimum atomic E-state index is 0.104. The summed E-state index contributed by atoms with van der Waals surface area (Å²) in [5.74, 6) is 1.39. The van der Waals surface area contributed by atoms with Gasteiger partial charge in [-0.2, -0.15) is 0 Å². The monoisotopic (exact) mass is 265 g/mol. The lowest BCUT2D eigenvalue weighted by atomic mass is 9.80. The van der Waals surface area contributed by atoms with Crippen LogP contribution in [0, 0.1) is 11.8 Å². The molecule has 0 heterocycles. The fraction of sp³-hybridized carbons (Fsp3) is 0.667. The molecule has 4 heteroatoms. The molecular formula is C15H23NO3. The molecule has 4 nitrogen and oxygen atoms in total. The molecule has 0 aromatic heterocycles. The summed E-state index contributed by atoms with van der Waals surface area (Å²) >= 11 is 0. The first kappa shape index (κ1) is 14.0. The first-order chi connectivity index (χ1) is 9.11. The summed E-state index contributed by atoms with van der Waals surface area (Å²) in [6.45, 7) is 2.15. The number of methoxy groups -OCH3 is 1. The summed E-state index contributed by atoms with van der Waals surface area (Å²) in [7, 11) is 1.55. The van der Waals surface area contributed by atoms with E-state index in [0.717, 1.165) is 25.0 Å². The highest BCUT2D eigenvalue weighted by Crippen LogP contribution is 2.30. The summed E-state index contributed by atoms with van der Waals surface area (Å²) in [5.41, 5.74) is 0.793. The molecule has 2 N–H and O–H groups in total. The Labute approximate surface area is 114 Å². The third-order valence-corrected chi connectivity index (χ3v) is 4.20. The lowest BCUT2D eigenvalue weighted by Crippen LogP contribution is -2.35. The summed E-state index contributed by atoms with van der Waals surface area (Å²) < 4.78 is 5.06. The van der Waals surface area contributed by atoms with Crippen LogP contribution in [0.5, 0.6) is 0 Å². The molecule has 1 amide bonds. The number of hydrogen-bond donors (Lipinski definition) is 2. The van der Waals surface area contributed by atoms with E-state index in [4.69, 9.17) is 4.74 Å². The number of allylic oxidation sites excluding steroid dienone is 3. The molecule has 0 aromatic carbocycles. The van der Waals surface area contributed by atoms with Crippen molar-refractivity contribution >= 4 is 5.91 Å². The zero-order valence-corrected chi connectivity index (χ0v) is 11.7. The Morgan fingerprint density at radius 2 is 2.11 bits per heavy atom. The van der Waals surface area contributed by atoms with E-state index in [1.807, 2.05) is 0 Å². The maximum absolute atomic E-state index is 12.3. The van der Waals surface area contributed by atoms with Crippen molar-refractivity contribution in [3.63, 3.8) is 0 Å². The minimum absolute atomic E-state index is 0.104. The van der Waals surface area contributed by atoms with Crippen LogP contribution in [0.2, 0.25) is 0 Å². The maximum atomic E-state index is 12.3. The van der Waals surface area contributed by atoms with Crippen LogP contribution in [0.15, 0.2) is 23.3 Å². The molecule has 0 spiro atoms. The van der Waals surface area contributed by atoms with Gasteiger partial charge in [-0.1, -0.05) is 19.8 Å². The fourth-order valence-electron chi connectivity index (χ4n) is 2.96. The molecule has 106 valence electrons. The van der Waals surface area contributed by atoms with Crippen LogP contribution in [-0.4, -0.2) is 18.1 Å². The molecule has 2 rings (SSSR count). The van der Waals surface area contributed by atoms with Crippen molar-refractivity contribution in [1.82, 2.24) is 5.32 Å². The summed E-state index contributed by atoms with van der Waals surface area (Å²) in [4.78, 5) is 12.3. The van der Waals surface area contributed by atoms with Gasteiger partial charge in [0.2, 0.25) is 5.91 Å². The average molecular weight is 265 g/mol. The predicted molar refractivity (Wildman–Crippen MR) is 73.2 cm³/mol. The topological polar surface area (TPSA) is 58.6 Å². The van der Waals surface area contributed by atoms with Gasteiger partial charge in [0.25, 0.3) is 0 Å². The Balaban J connectivity index is 1.98. The van der Waals surface area contributed by atoms with Crippen molar-refractivity contribution in [2.45, 2.75) is 45.4 Å². The van der Waals surface area contributed by atoms with Crippen molar-refractivity contribution in [2.24, 2.45) is 11.8 Å². The maximum Gasteiger partial charge on any atom is 0.227 e. The number of carbonyl (C=O) groups is 1. The van der Waals surface area contributed by atoms with Gasteiger partial charge in [0.1, 0.15) is 5.76 Å². The Morgan fingerprint density at radius 1 is 1.37 bits per heavy atom. The van der Waals surface area contributed by atoms with E-state index >= 15 is 0 Å². The second-order valence-electron chi connectivity index (χ2n) is 5.54. The van der Waals surface area contributed by atoms with Crippen LogP contribution in [0.3, 0.4) is 0 Å². The SMILES string of the molecule is COC1=C(O)C=C(NC(=O)C2CCCCC2C)CC1. The molecule has 0 radical (unpaired) electrons. The van der Waals surface area contributed by atoms with Crippen molar-refractivity contribution in [1.29, 1.82) is 0 Å². The summed E-state index contributed by atoms with van der Waals surface area (Å²) in [6.07, 6.45) is 7.43. The van der Waals surface area contributed by atoms with E-state index in [0.29, 0.717) is 24.5 Å². The van der Waals surface area contributed by atoms with Crippen molar-refractivity contribution in [2.75, 3.05) is 7.11 Å². The van der Waals surface area contributed by atoms with Gasteiger partial charge in [-0.15, -0.1) is 0 Å². The van der Waals surface area contributed by atoms with E-state index in [1.165, 1.54) is 6.42 Å². The minimum Gasteiger partial charge on any atom is -0.504 e. The quantitative estimate of drug-likeness (QED) is 0.824. The summed E-state index contributed by atoms with van der Waals surface area (Å²) in [5, 5.41) is 12.7. The molecule has 0 aromatic rings. The molecule has 2 atom stereocenters. The number of hydrogen-bond acceptors (Lipinski definition) is 3. The third kappa shape index (κ3) is 3.31. The van der Waals surface area contributed by atoms with E-state index in [2.05, 4.69) is 12.2 Å². The second-order valence-corrected chi connectivity index (χ2v) is 5.54. The lowest BCUT2D eigenvalue weighted by molar-refractivity contribution is -0.126. The summed E-state index contributed by atoms with van der Waals surface area (Å²) in [6, 6.07) is 0. The van der Waals surface area contributed by atoms with Gasteiger partial charge >= 0.3 is 0 Å². The molecule has 2 unspecified atom stereocenters. The van der Waals surface area contributed by atoms with Crippen LogP contribution in [0.4, 0.5) is 0 Å². The van der Waals surface area contributed by atoms with Gasteiger partial charge in [-0.3, -0.25) is 4.79 Å². The second kappa shape index (κ2) is 6.13. The molecule has 0 aliphatic heterocycles. The van der Waals surface area contributed by atoms with E-state index in [9.17, 15) is 9.90 Å². The zero-order chi connectivity index (χ0) is 13.8. The average Bonchev–Trinajstić information content (AvgIpc) is 2.39. The third-order valence-electron chi connectivity index (χ3n) is 4.20. The molecule has 1 saturated carbocycles. The van der Waals surface area contributed by atoms with Crippen molar-refractivity contribution in [3.8, 4) is 0 Å². The highest BCUT2D eigenvalue weighted by Gasteiger charge is 2.28. The first-order valence-electron chi connectivity index (χ1n) is 7.09. The predicted octanol–water partition coefficient (Wildman–Crippen LogP) is 3.02. The first-order valence-corrected chi connectivity index (χ1v) is 7.09. The van der Waals surface area contributed by atoms with Gasteiger partial charge in [0.05, 0.1) is 7.11 Å². The van der Waals surface area contributed by atoms with Gasteiger partial charge < -0.3 is 15.2 Å². The van der Waals surface area contributed by atoms with Crippen LogP contribution < -0.4 is 5.32 Å². The number of carbonyl (C=O) groups excluding carboxylic acids is 1. The molecule has 2 aliphatic rings. The molecule has 2 aliphatic carbocycles. The number of aliphatic hydroxyl groups is 1. The van der Waals surface area contributed by atoms with Crippen LogP contribution in [0.1, 0.15) is 45.4 Å². The molecule has 19 heavy (non-hydrogen) atoms. The van der Waals surface area contributed by atoms with E-state index in [1.54, 1.807) is 13.2 Å². The van der Waals surface area contributed by atoms with Gasteiger partial charge in [-0.25, -0.2) is 0 Å². The molecule has 0 saturated heterocycles. The highest BCUT2D eigenvalue weighted by molar-refractivity contribution is 5.80. The Kier molecular flexibility index (Phi) is 4.51. The van der Waals surface area contributed by atoms with E-state index < -0.39 is 0 Å². The lowest BCUT2D eigenvalue weighted by Gasteiger charge is -2.28. The van der Waals surface area contributed by atoms with Gasteiger partial charge in [-0.05, 0) is 25.2 Å². The number of nitrogens with one attached hydrogen (secondary N) is 1.